The third-order valence-corrected chi connectivity index (χ3v) is 1.52. The summed E-state index contributed by atoms with van der Waals surface area (Å²) in [6.07, 6.45) is -0.0896. The molecule has 0 aliphatic carbocycles. The van der Waals surface area contributed by atoms with Gasteiger partial charge in [0.05, 0.1) is 12.6 Å². The zero-order valence-electron chi connectivity index (χ0n) is 7.95. The van der Waals surface area contributed by atoms with E-state index < -0.39 is 17.9 Å². The number of Topliss-reactive ketones (excluding diaryl/α,β-unsaturated/α-hetero) is 1. The highest BCUT2D eigenvalue weighted by molar-refractivity contribution is 5.87. The van der Waals surface area contributed by atoms with Crippen LogP contribution in [0.3, 0.4) is 0 Å². The summed E-state index contributed by atoms with van der Waals surface area (Å²) in [6, 6.07) is -0.870. The molecule has 0 radical (unpaired) electrons. The maximum Gasteiger partial charge on any atom is 0.303 e. The van der Waals surface area contributed by atoms with Crippen LogP contribution in [-0.4, -0.2) is 35.4 Å². The summed E-state index contributed by atoms with van der Waals surface area (Å²) in [5.41, 5.74) is 5.37. The maximum absolute atomic E-state index is 11.1. The number of nitrogens with two attached hydrogens (primary N) is 1. The summed E-state index contributed by atoms with van der Waals surface area (Å²) in [4.78, 5) is 31.7. The average Bonchev–Trinajstić information content (AvgIpc) is 2.09. The molecular weight excluding hydrogens is 188 g/mol. The Bertz CT molecular complexity index is 239. The quantitative estimate of drug-likeness (QED) is 0.505. The summed E-state index contributed by atoms with van der Waals surface area (Å²) in [7, 11) is 0. The van der Waals surface area contributed by atoms with E-state index in [4.69, 9.17) is 10.8 Å². The van der Waals surface area contributed by atoms with Crippen LogP contribution < -0.4 is 11.1 Å². The number of hydrogen-bond acceptors (Lipinski definition) is 4. The monoisotopic (exact) mass is 202 g/mol. The van der Waals surface area contributed by atoms with E-state index in [-0.39, 0.29) is 25.2 Å². The summed E-state index contributed by atoms with van der Waals surface area (Å²) >= 11 is 0. The number of aliphatic carboxylic acids is 1. The lowest BCUT2D eigenvalue weighted by molar-refractivity contribution is -0.137. The third kappa shape index (κ3) is 6.13. The van der Waals surface area contributed by atoms with Crippen molar-refractivity contribution in [1.29, 1.82) is 0 Å². The molecule has 1 atom stereocenters. The van der Waals surface area contributed by atoms with Crippen molar-refractivity contribution in [1.82, 2.24) is 5.32 Å². The molecule has 0 saturated heterocycles. The van der Waals surface area contributed by atoms with Gasteiger partial charge in [0, 0.05) is 6.42 Å². The number of hydrogen-bond donors (Lipinski definition) is 3. The Morgan fingerprint density at radius 1 is 1.43 bits per heavy atom. The zero-order chi connectivity index (χ0) is 11.1. The van der Waals surface area contributed by atoms with Gasteiger partial charge < -0.3 is 16.2 Å². The van der Waals surface area contributed by atoms with E-state index in [0.29, 0.717) is 0 Å². The van der Waals surface area contributed by atoms with Crippen LogP contribution in [0.15, 0.2) is 0 Å². The molecule has 6 heteroatoms. The predicted octanol–water partition coefficient (Wildman–Crippen LogP) is -1.12. The first-order valence-corrected chi connectivity index (χ1v) is 4.18. The molecule has 0 aliphatic rings. The Morgan fingerprint density at radius 3 is 2.43 bits per heavy atom. The van der Waals surface area contributed by atoms with Gasteiger partial charge >= 0.3 is 5.97 Å². The molecule has 0 rings (SSSR count). The summed E-state index contributed by atoms with van der Waals surface area (Å²) < 4.78 is 0. The highest BCUT2D eigenvalue weighted by Gasteiger charge is 2.14. The number of nitrogens with one attached hydrogen (secondary N) is 1. The van der Waals surface area contributed by atoms with E-state index >= 15 is 0 Å². The van der Waals surface area contributed by atoms with Crippen molar-refractivity contribution < 1.29 is 19.5 Å². The van der Waals surface area contributed by atoms with E-state index in [2.05, 4.69) is 5.32 Å². The van der Waals surface area contributed by atoms with Crippen molar-refractivity contribution in [3.8, 4) is 0 Å². The highest BCUT2D eigenvalue weighted by Crippen LogP contribution is 1.94. The normalized spacial score (nSPS) is 11.9. The first kappa shape index (κ1) is 12.6. The van der Waals surface area contributed by atoms with Gasteiger partial charge in [-0.3, -0.25) is 14.4 Å². The second kappa shape index (κ2) is 6.09. The van der Waals surface area contributed by atoms with Crippen LogP contribution in [0, 0.1) is 0 Å². The number of carbonyl (C=O) groups is 3. The molecule has 1 amide bonds. The molecule has 80 valence electrons. The Kier molecular flexibility index (Phi) is 5.47. The molecule has 0 aliphatic heterocycles. The van der Waals surface area contributed by atoms with Crippen LogP contribution in [0.5, 0.6) is 0 Å². The molecule has 0 aromatic carbocycles. The van der Waals surface area contributed by atoms with E-state index in [1.54, 1.807) is 0 Å². The number of carboxylic acids is 1. The average molecular weight is 202 g/mol. The van der Waals surface area contributed by atoms with Crippen molar-refractivity contribution in [3.05, 3.63) is 0 Å². The minimum absolute atomic E-state index is 0.0685. The molecule has 0 spiro atoms. The number of amides is 1. The largest absolute Gasteiger partial charge is 0.481 e. The van der Waals surface area contributed by atoms with Crippen LogP contribution in [0.4, 0.5) is 0 Å². The van der Waals surface area contributed by atoms with Gasteiger partial charge in [-0.1, -0.05) is 0 Å². The minimum atomic E-state index is -1.00. The van der Waals surface area contributed by atoms with Gasteiger partial charge in [0.15, 0.2) is 0 Å². The first-order chi connectivity index (χ1) is 6.43. The van der Waals surface area contributed by atoms with E-state index in [1.165, 1.54) is 6.92 Å². The number of carboxylic acid groups (broad SMARTS) is 1. The zero-order valence-corrected chi connectivity index (χ0v) is 7.95. The summed E-state index contributed by atoms with van der Waals surface area (Å²) in [6.45, 7) is 1.27. The van der Waals surface area contributed by atoms with Gasteiger partial charge in [-0.2, -0.15) is 0 Å². The number of rotatable bonds is 6. The second-order valence-corrected chi connectivity index (χ2v) is 2.96. The fourth-order valence-corrected chi connectivity index (χ4v) is 0.753. The van der Waals surface area contributed by atoms with Crippen LogP contribution in [0.2, 0.25) is 0 Å². The fourth-order valence-electron chi connectivity index (χ4n) is 0.753. The van der Waals surface area contributed by atoms with Crippen LogP contribution in [0.25, 0.3) is 0 Å². The van der Waals surface area contributed by atoms with Crippen LogP contribution in [0.1, 0.15) is 19.8 Å². The molecule has 0 unspecified atom stereocenters. The van der Waals surface area contributed by atoms with Gasteiger partial charge in [0.25, 0.3) is 0 Å². The van der Waals surface area contributed by atoms with Crippen molar-refractivity contribution in [2.45, 2.75) is 25.8 Å². The van der Waals surface area contributed by atoms with Gasteiger partial charge in [-0.15, -0.1) is 0 Å². The van der Waals surface area contributed by atoms with E-state index in [1.807, 2.05) is 0 Å². The van der Waals surface area contributed by atoms with Gasteiger partial charge in [0.2, 0.25) is 5.91 Å². The van der Waals surface area contributed by atoms with Crippen LogP contribution in [-0.2, 0) is 14.4 Å². The molecule has 14 heavy (non-hydrogen) atoms. The molecule has 0 fully saturated rings. The Balaban J connectivity index is 3.76. The molecule has 0 saturated carbocycles. The van der Waals surface area contributed by atoms with Gasteiger partial charge in [-0.05, 0) is 13.3 Å². The second-order valence-electron chi connectivity index (χ2n) is 2.96. The standard InChI is InChI=1S/C8H14N2O4/c1-5(11)4-10-8(14)6(9)2-3-7(12)13/h6H,2-4,9H2,1H3,(H,10,14)(H,12,13)/t6-/m0/s1. The van der Waals surface area contributed by atoms with Crippen molar-refractivity contribution in [3.63, 3.8) is 0 Å². The highest BCUT2D eigenvalue weighted by atomic mass is 16.4. The lowest BCUT2D eigenvalue weighted by Crippen LogP contribution is -2.42. The minimum Gasteiger partial charge on any atom is -0.481 e. The Labute approximate surface area is 81.5 Å². The smallest absolute Gasteiger partial charge is 0.303 e. The Hall–Kier alpha value is -1.43. The molecule has 0 aromatic heterocycles. The summed E-state index contributed by atoms with van der Waals surface area (Å²) in [5.74, 6) is -1.68. The van der Waals surface area contributed by atoms with Gasteiger partial charge in [-0.25, -0.2) is 0 Å². The van der Waals surface area contributed by atoms with Crippen molar-refractivity contribution in [2.24, 2.45) is 5.73 Å². The fraction of sp³-hybridized carbons (Fsp3) is 0.625. The molecule has 6 nitrogen and oxygen atoms in total. The van der Waals surface area contributed by atoms with Crippen LogP contribution >= 0.6 is 0 Å². The molecule has 0 aromatic rings. The number of ketones is 1. The molecule has 4 N–H and O–H groups in total. The third-order valence-electron chi connectivity index (χ3n) is 1.52. The first-order valence-electron chi connectivity index (χ1n) is 4.18. The maximum atomic E-state index is 11.1. The molecular formula is C8H14N2O4. The van der Waals surface area contributed by atoms with Gasteiger partial charge in [0.1, 0.15) is 5.78 Å². The Morgan fingerprint density at radius 2 is 2.00 bits per heavy atom. The predicted molar refractivity (Wildman–Crippen MR) is 48.5 cm³/mol. The molecule has 0 heterocycles. The molecule has 0 bridgehead atoms. The van der Waals surface area contributed by atoms with E-state index in [0.717, 1.165) is 0 Å². The topological polar surface area (TPSA) is 109 Å². The van der Waals surface area contributed by atoms with Crippen molar-refractivity contribution >= 4 is 17.7 Å². The lowest BCUT2D eigenvalue weighted by Gasteiger charge is -2.09. The SMILES string of the molecule is CC(=O)CNC(=O)[C@@H](N)CCC(=O)O. The van der Waals surface area contributed by atoms with Crippen molar-refractivity contribution in [2.75, 3.05) is 6.54 Å². The number of carbonyl (C=O) groups excluding carboxylic acids is 2. The van der Waals surface area contributed by atoms with E-state index in [9.17, 15) is 14.4 Å². The summed E-state index contributed by atoms with van der Waals surface area (Å²) in [5, 5.41) is 10.6. The lowest BCUT2D eigenvalue weighted by atomic mass is 10.1.